The van der Waals surface area contributed by atoms with Gasteiger partial charge in [-0.1, -0.05) is 26.0 Å². The molecule has 1 atom stereocenters. The minimum atomic E-state index is -3.97. The second-order valence-electron chi connectivity index (χ2n) is 6.20. The lowest BCUT2D eigenvalue weighted by Gasteiger charge is -2.34. The molecule has 0 radical (unpaired) electrons. The highest BCUT2D eigenvalue weighted by Crippen LogP contribution is 2.19. The third-order valence-corrected chi connectivity index (χ3v) is 5.53. The average Bonchev–Trinajstić information content (AvgIpc) is 2.53. The number of likely N-dealkylation sites (tertiary alicyclic amines) is 1. The Bertz CT molecular complexity index is 730. The lowest BCUT2D eigenvalue weighted by atomic mass is 10.0. The van der Waals surface area contributed by atoms with Gasteiger partial charge in [0.15, 0.2) is 0 Å². The van der Waals surface area contributed by atoms with E-state index < -0.39 is 22.0 Å². The van der Waals surface area contributed by atoms with Crippen molar-refractivity contribution in [3.05, 3.63) is 29.8 Å². The van der Waals surface area contributed by atoms with Gasteiger partial charge < -0.3 is 10.0 Å². The van der Waals surface area contributed by atoms with Gasteiger partial charge in [0.05, 0.1) is 10.5 Å². The fourth-order valence-electron chi connectivity index (χ4n) is 2.80. The van der Waals surface area contributed by atoms with Gasteiger partial charge in [0.25, 0.3) is 0 Å². The number of carbonyl (C=O) groups is 2. The molecule has 0 aromatic heterocycles. The summed E-state index contributed by atoms with van der Waals surface area (Å²) in [5.74, 6) is -1.45. The highest BCUT2D eigenvalue weighted by molar-refractivity contribution is 7.89. The van der Waals surface area contributed by atoms with E-state index in [1.807, 2.05) is 0 Å². The van der Waals surface area contributed by atoms with E-state index in [-0.39, 0.29) is 22.3 Å². The fourth-order valence-corrected chi connectivity index (χ4v) is 4.26. The maximum absolute atomic E-state index is 12.6. The van der Waals surface area contributed by atoms with Gasteiger partial charge in [-0.3, -0.25) is 4.79 Å². The van der Waals surface area contributed by atoms with Crippen LogP contribution in [-0.4, -0.2) is 49.4 Å². The number of hydrogen-bond acceptors (Lipinski definition) is 4. The number of nitrogens with zero attached hydrogens (tertiary/aromatic N) is 1. The van der Waals surface area contributed by atoms with E-state index in [1.54, 1.807) is 18.7 Å². The fraction of sp³-hybridized carbons (Fsp3) is 0.500. The minimum absolute atomic E-state index is 0.00941. The molecule has 0 bridgehead atoms. The first-order valence-corrected chi connectivity index (χ1v) is 9.34. The molecule has 0 spiro atoms. The smallest absolute Gasteiger partial charge is 0.337 e. The van der Waals surface area contributed by atoms with Crippen molar-refractivity contribution < 1.29 is 23.1 Å². The van der Waals surface area contributed by atoms with Gasteiger partial charge in [-0.2, -0.15) is 0 Å². The van der Waals surface area contributed by atoms with Gasteiger partial charge >= 0.3 is 5.97 Å². The third kappa shape index (κ3) is 4.12. The molecule has 1 aliphatic rings. The molecule has 7 nitrogen and oxygen atoms in total. The van der Waals surface area contributed by atoms with Crippen LogP contribution in [0.3, 0.4) is 0 Å². The largest absolute Gasteiger partial charge is 0.478 e. The molecular weight excluding hydrogens is 332 g/mol. The van der Waals surface area contributed by atoms with Crippen molar-refractivity contribution in [1.29, 1.82) is 0 Å². The molecule has 1 aliphatic heterocycles. The number of sulfonamides is 1. The summed E-state index contributed by atoms with van der Waals surface area (Å²) < 4.78 is 27.7. The predicted octanol–water partition coefficient (Wildman–Crippen LogP) is 1.31. The Morgan fingerprint density at radius 1 is 1.29 bits per heavy atom. The zero-order valence-electron chi connectivity index (χ0n) is 13.7. The summed E-state index contributed by atoms with van der Waals surface area (Å²) >= 11 is 0. The van der Waals surface area contributed by atoms with Crippen LogP contribution in [0.4, 0.5) is 0 Å². The van der Waals surface area contributed by atoms with Gasteiger partial charge in [0, 0.05) is 25.0 Å². The number of hydrogen-bond donors (Lipinski definition) is 2. The number of carboxylic acids is 1. The number of nitrogens with one attached hydrogen (secondary N) is 1. The summed E-state index contributed by atoms with van der Waals surface area (Å²) in [4.78, 5) is 24.7. The van der Waals surface area contributed by atoms with Gasteiger partial charge in [-0.15, -0.1) is 0 Å². The third-order valence-electron chi connectivity index (χ3n) is 3.96. The zero-order valence-corrected chi connectivity index (χ0v) is 14.5. The summed E-state index contributed by atoms with van der Waals surface area (Å²) in [6.07, 6.45) is 1.31. The summed E-state index contributed by atoms with van der Waals surface area (Å²) in [7, 11) is -3.97. The molecule has 1 unspecified atom stereocenters. The van der Waals surface area contributed by atoms with E-state index >= 15 is 0 Å². The molecule has 1 saturated heterocycles. The topological polar surface area (TPSA) is 104 Å². The van der Waals surface area contributed by atoms with Gasteiger partial charge in [-0.05, 0) is 25.0 Å². The minimum Gasteiger partial charge on any atom is -0.478 e. The van der Waals surface area contributed by atoms with E-state index in [0.717, 1.165) is 0 Å². The molecule has 0 aliphatic carbocycles. The highest BCUT2D eigenvalue weighted by atomic mass is 32.2. The Kier molecular flexibility index (Phi) is 5.61. The van der Waals surface area contributed by atoms with E-state index in [1.165, 1.54) is 24.3 Å². The van der Waals surface area contributed by atoms with Crippen LogP contribution in [0.15, 0.2) is 29.2 Å². The molecule has 1 fully saturated rings. The SMILES string of the molecule is CC(C)C(=O)N1CCCC(NS(=O)(=O)c2ccccc2C(=O)O)C1. The van der Waals surface area contributed by atoms with Crippen molar-refractivity contribution in [3.63, 3.8) is 0 Å². The number of amides is 1. The van der Waals surface area contributed by atoms with Crippen molar-refractivity contribution >= 4 is 21.9 Å². The first-order chi connectivity index (χ1) is 11.2. The molecular formula is C16H22N2O5S. The monoisotopic (exact) mass is 354 g/mol. The molecule has 2 N–H and O–H groups in total. The normalized spacial score (nSPS) is 18.6. The number of aromatic carboxylic acids is 1. The van der Waals surface area contributed by atoms with Crippen molar-refractivity contribution in [2.24, 2.45) is 5.92 Å². The molecule has 8 heteroatoms. The van der Waals surface area contributed by atoms with Gasteiger partial charge in [0.2, 0.25) is 15.9 Å². The molecule has 1 heterocycles. The van der Waals surface area contributed by atoms with Crippen LogP contribution in [0.25, 0.3) is 0 Å². The summed E-state index contributed by atoms with van der Waals surface area (Å²) in [6.45, 7) is 4.52. The van der Waals surface area contributed by atoms with Crippen LogP contribution >= 0.6 is 0 Å². The number of carbonyl (C=O) groups excluding carboxylic acids is 1. The van der Waals surface area contributed by atoms with Gasteiger partial charge in [0.1, 0.15) is 0 Å². The summed E-state index contributed by atoms with van der Waals surface area (Å²) in [5.41, 5.74) is -0.268. The highest BCUT2D eigenvalue weighted by Gasteiger charge is 2.30. The van der Waals surface area contributed by atoms with Crippen molar-refractivity contribution in [2.75, 3.05) is 13.1 Å². The van der Waals surface area contributed by atoms with Crippen LogP contribution < -0.4 is 4.72 Å². The van der Waals surface area contributed by atoms with Crippen LogP contribution in [-0.2, 0) is 14.8 Å². The van der Waals surface area contributed by atoms with Crippen molar-refractivity contribution in [2.45, 2.75) is 37.6 Å². The van der Waals surface area contributed by atoms with Crippen LogP contribution in [0.1, 0.15) is 37.0 Å². The Morgan fingerprint density at radius 2 is 1.96 bits per heavy atom. The first kappa shape index (κ1) is 18.4. The van der Waals surface area contributed by atoms with E-state index in [4.69, 9.17) is 5.11 Å². The molecule has 1 amide bonds. The Labute approximate surface area is 141 Å². The number of piperidine rings is 1. The van der Waals surface area contributed by atoms with Crippen LogP contribution in [0.5, 0.6) is 0 Å². The van der Waals surface area contributed by atoms with E-state index in [9.17, 15) is 18.0 Å². The van der Waals surface area contributed by atoms with Crippen molar-refractivity contribution in [3.8, 4) is 0 Å². The van der Waals surface area contributed by atoms with E-state index in [2.05, 4.69) is 4.72 Å². The van der Waals surface area contributed by atoms with Crippen LogP contribution in [0, 0.1) is 5.92 Å². The standard InChI is InChI=1S/C16H22N2O5S/c1-11(2)15(19)18-9-5-6-12(10-18)17-24(22,23)14-8-4-3-7-13(14)16(20)21/h3-4,7-8,11-12,17H,5-6,9-10H2,1-2H3,(H,20,21). The molecule has 1 aromatic rings. The summed E-state index contributed by atoms with van der Waals surface area (Å²) in [6, 6.07) is 5.06. The number of rotatable bonds is 5. The Morgan fingerprint density at radius 3 is 2.58 bits per heavy atom. The van der Waals surface area contributed by atoms with Crippen LogP contribution in [0.2, 0.25) is 0 Å². The zero-order chi connectivity index (χ0) is 17.9. The van der Waals surface area contributed by atoms with E-state index in [0.29, 0.717) is 25.9 Å². The Hall–Kier alpha value is -1.93. The Balaban J connectivity index is 2.18. The maximum Gasteiger partial charge on any atom is 0.337 e. The molecule has 2 rings (SSSR count). The molecule has 132 valence electrons. The van der Waals surface area contributed by atoms with Gasteiger partial charge in [-0.25, -0.2) is 17.9 Å². The molecule has 24 heavy (non-hydrogen) atoms. The maximum atomic E-state index is 12.6. The predicted molar refractivity (Wildman–Crippen MR) is 88.2 cm³/mol. The summed E-state index contributed by atoms with van der Waals surface area (Å²) in [5, 5.41) is 9.17. The number of carboxylic acid groups (broad SMARTS) is 1. The lowest BCUT2D eigenvalue weighted by molar-refractivity contribution is -0.135. The second-order valence-corrected chi connectivity index (χ2v) is 7.88. The molecule has 0 saturated carbocycles. The number of benzene rings is 1. The first-order valence-electron chi connectivity index (χ1n) is 7.86. The van der Waals surface area contributed by atoms with Crippen molar-refractivity contribution in [1.82, 2.24) is 9.62 Å². The lowest BCUT2D eigenvalue weighted by Crippen LogP contribution is -2.50. The molecule has 1 aromatic carbocycles. The average molecular weight is 354 g/mol. The quantitative estimate of drug-likeness (QED) is 0.830. The second kappa shape index (κ2) is 7.31.